The summed E-state index contributed by atoms with van der Waals surface area (Å²) in [4.78, 5) is 21.6. The van der Waals surface area contributed by atoms with Crippen molar-refractivity contribution in [2.45, 2.75) is 31.7 Å². The molecule has 1 N–H and O–H groups in total. The predicted molar refractivity (Wildman–Crippen MR) is 42.4 cm³/mol. The van der Waals surface area contributed by atoms with Crippen LogP contribution in [0.5, 0.6) is 0 Å². The van der Waals surface area contributed by atoms with Gasteiger partial charge in [-0.1, -0.05) is 0 Å². The molecule has 0 radical (unpaired) electrons. The van der Waals surface area contributed by atoms with Crippen LogP contribution in [0.4, 0.5) is 0 Å². The van der Waals surface area contributed by atoms with Crippen molar-refractivity contribution < 1.29 is 14.3 Å². The number of rotatable bonds is 3. The maximum absolute atomic E-state index is 11.0. The van der Waals surface area contributed by atoms with E-state index < -0.39 is 5.97 Å². The highest BCUT2D eigenvalue weighted by atomic mass is 16.5. The van der Waals surface area contributed by atoms with Crippen LogP contribution >= 0.6 is 0 Å². The lowest BCUT2D eigenvalue weighted by atomic mass is 9.93. The molecule has 1 aliphatic rings. The Morgan fingerprint density at radius 2 is 2.17 bits per heavy atom. The number of carbonyl (C=O) groups excluding carboxylic acids is 2. The summed E-state index contributed by atoms with van der Waals surface area (Å²) in [5.74, 6) is -0.710. The van der Waals surface area contributed by atoms with Crippen LogP contribution in [0.1, 0.15) is 25.7 Å². The maximum Gasteiger partial charge on any atom is 0.315 e. The quantitative estimate of drug-likeness (QED) is 0.488. The molecule has 0 aromatic carbocycles. The average Bonchev–Trinajstić information content (AvgIpc) is 1.97. The maximum atomic E-state index is 11.0. The van der Waals surface area contributed by atoms with Crippen molar-refractivity contribution in [3.8, 4) is 0 Å². The summed E-state index contributed by atoms with van der Waals surface area (Å²) in [6, 6.07) is 0.294. The second-order valence-corrected chi connectivity index (χ2v) is 2.95. The van der Waals surface area contributed by atoms with Gasteiger partial charge in [0.15, 0.2) is 0 Å². The van der Waals surface area contributed by atoms with Crippen LogP contribution in [0.3, 0.4) is 0 Å². The van der Waals surface area contributed by atoms with Gasteiger partial charge in [-0.3, -0.25) is 9.59 Å². The molecule has 68 valence electrons. The Bertz CT molecular complexity index is 187. The third-order valence-electron chi connectivity index (χ3n) is 2.00. The van der Waals surface area contributed by atoms with Gasteiger partial charge < -0.3 is 10.1 Å². The normalized spacial score (nSPS) is 16.4. The Labute approximate surface area is 71.3 Å². The average molecular weight is 171 g/mol. The standard InChI is InChI=1S/C8H13NO3/c1-12-8(11)5-7(10)9-6-3-2-4-6/h6H,2-5H2,1H3,(H,9,10). The molecule has 0 atom stereocenters. The van der Waals surface area contributed by atoms with Crippen molar-refractivity contribution in [2.75, 3.05) is 7.11 Å². The summed E-state index contributed by atoms with van der Waals surface area (Å²) >= 11 is 0. The van der Waals surface area contributed by atoms with Crippen LogP contribution in [-0.4, -0.2) is 25.0 Å². The highest BCUT2D eigenvalue weighted by molar-refractivity contribution is 5.94. The van der Waals surface area contributed by atoms with Crippen LogP contribution in [0.25, 0.3) is 0 Å². The molecule has 1 rings (SSSR count). The van der Waals surface area contributed by atoms with Crippen molar-refractivity contribution in [1.29, 1.82) is 0 Å². The van der Waals surface area contributed by atoms with E-state index >= 15 is 0 Å². The number of hydrogen-bond donors (Lipinski definition) is 1. The lowest BCUT2D eigenvalue weighted by molar-refractivity contribution is -0.144. The van der Waals surface area contributed by atoms with E-state index in [9.17, 15) is 9.59 Å². The zero-order chi connectivity index (χ0) is 8.97. The van der Waals surface area contributed by atoms with E-state index in [-0.39, 0.29) is 12.3 Å². The fourth-order valence-electron chi connectivity index (χ4n) is 1.03. The van der Waals surface area contributed by atoms with Gasteiger partial charge in [-0.15, -0.1) is 0 Å². The molecule has 0 saturated heterocycles. The van der Waals surface area contributed by atoms with E-state index in [1.54, 1.807) is 0 Å². The molecule has 1 amide bonds. The van der Waals surface area contributed by atoms with Gasteiger partial charge in [0.1, 0.15) is 6.42 Å². The topological polar surface area (TPSA) is 55.4 Å². The second kappa shape index (κ2) is 4.09. The summed E-state index contributed by atoms with van der Waals surface area (Å²) in [7, 11) is 1.28. The fourth-order valence-corrected chi connectivity index (χ4v) is 1.03. The van der Waals surface area contributed by atoms with Crippen LogP contribution in [0.2, 0.25) is 0 Å². The van der Waals surface area contributed by atoms with Gasteiger partial charge >= 0.3 is 5.97 Å². The van der Waals surface area contributed by atoms with Crippen molar-refractivity contribution >= 4 is 11.9 Å². The monoisotopic (exact) mass is 171 g/mol. The molecule has 1 saturated carbocycles. The summed E-state index contributed by atoms with van der Waals surface area (Å²) in [6.07, 6.45) is 3.08. The smallest absolute Gasteiger partial charge is 0.315 e. The highest BCUT2D eigenvalue weighted by Gasteiger charge is 2.20. The van der Waals surface area contributed by atoms with Crippen LogP contribution in [0.15, 0.2) is 0 Å². The molecule has 0 unspecified atom stereocenters. The molecule has 0 aromatic rings. The third kappa shape index (κ3) is 2.53. The fraction of sp³-hybridized carbons (Fsp3) is 0.750. The lowest BCUT2D eigenvalue weighted by Gasteiger charge is -2.26. The molecule has 0 aromatic heterocycles. The van der Waals surface area contributed by atoms with Gasteiger partial charge in [0.2, 0.25) is 5.91 Å². The largest absolute Gasteiger partial charge is 0.469 e. The first-order valence-electron chi connectivity index (χ1n) is 4.08. The number of methoxy groups -OCH3 is 1. The van der Waals surface area contributed by atoms with E-state index in [4.69, 9.17) is 0 Å². The molecule has 4 heteroatoms. The minimum atomic E-state index is -0.480. The van der Waals surface area contributed by atoms with Crippen molar-refractivity contribution in [3.63, 3.8) is 0 Å². The Hall–Kier alpha value is -1.06. The zero-order valence-electron chi connectivity index (χ0n) is 7.13. The molecule has 1 aliphatic carbocycles. The molecule has 0 bridgehead atoms. The molecule has 4 nitrogen and oxygen atoms in total. The van der Waals surface area contributed by atoms with Crippen molar-refractivity contribution in [3.05, 3.63) is 0 Å². The molecule has 0 heterocycles. The SMILES string of the molecule is COC(=O)CC(=O)NC1CCC1. The summed E-state index contributed by atoms with van der Waals surface area (Å²) < 4.78 is 4.35. The Morgan fingerprint density at radius 1 is 1.50 bits per heavy atom. The number of ether oxygens (including phenoxy) is 1. The van der Waals surface area contributed by atoms with Crippen molar-refractivity contribution in [2.24, 2.45) is 0 Å². The highest BCUT2D eigenvalue weighted by Crippen LogP contribution is 2.17. The number of amides is 1. The van der Waals surface area contributed by atoms with Gasteiger partial charge in [-0.25, -0.2) is 0 Å². The Morgan fingerprint density at radius 3 is 2.58 bits per heavy atom. The summed E-state index contributed by atoms with van der Waals surface area (Å²) in [6.45, 7) is 0. The van der Waals surface area contributed by atoms with E-state index in [1.165, 1.54) is 13.5 Å². The summed E-state index contributed by atoms with van der Waals surface area (Å²) in [5, 5.41) is 2.74. The second-order valence-electron chi connectivity index (χ2n) is 2.95. The minimum Gasteiger partial charge on any atom is -0.469 e. The van der Waals surface area contributed by atoms with Gasteiger partial charge in [0, 0.05) is 6.04 Å². The van der Waals surface area contributed by atoms with E-state index in [1.807, 2.05) is 0 Å². The number of esters is 1. The van der Waals surface area contributed by atoms with Gasteiger partial charge in [-0.2, -0.15) is 0 Å². The Balaban J connectivity index is 2.14. The predicted octanol–water partition coefficient (Wildman–Crippen LogP) is 0.218. The van der Waals surface area contributed by atoms with Crippen LogP contribution < -0.4 is 5.32 Å². The van der Waals surface area contributed by atoms with E-state index in [2.05, 4.69) is 10.1 Å². The van der Waals surface area contributed by atoms with Crippen LogP contribution in [-0.2, 0) is 14.3 Å². The molecule has 0 spiro atoms. The van der Waals surface area contributed by atoms with E-state index in [0.29, 0.717) is 6.04 Å². The molecule has 12 heavy (non-hydrogen) atoms. The zero-order valence-corrected chi connectivity index (χ0v) is 7.13. The van der Waals surface area contributed by atoms with E-state index in [0.717, 1.165) is 12.8 Å². The van der Waals surface area contributed by atoms with Gasteiger partial charge in [0.25, 0.3) is 0 Å². The summed E-state index contributed by atoms with van der Waals surface area (Å²) in [5.41, 5.74) is 0. The Kier molecular flexibility index (Phi) is 3.08. The number of carbonyl (C=O) groups is 2. The van der Waals surface area contributed by atoms with Crippen molar-refractivity contribution in [1.82, 2.24) is 5.32 Å². The first kappa shape index (κ1) is 9.03. The van der Waals surface area contributed by atoms with Gasteiger partial charge in [0.05, 0.1) is 7.11 Å². The lowest BCUT2D eigenvalue weighted by Crippen LogP contribution is -2.40. The molecule has 1 fully saturated rings. The molecular weight excluding hydrogens is 158 g/mol. The molecule has 0 aliphatic heterocycles. The number of nitrogens with one attached hydrogen (secondary N) is 1. The first-order valence-corrected chi connectivity index (χ1v) is 4.08. The number of hydrogen-bond acceptors (Lipinski definition) is 3. The van der Waals surface area contributed by atoms with Crippen LogP contribution in [0, 0.1) is 0 Å². The van der Waals surface area contributed by atoms with Gasteiger partial charge in [-0.05, 0) is 19.3 Å². The third-order valence-corrected chi connectivity index (χ3v) is 2.00. The molecular formula is C8H13NO3. The first-order chi connectivity index (χ1) is 5.72. The minimum absolute atomic E-state index is 0.160.